The lowest BCUT2D eigenvalue weighted by Gasteiger charge is -2.07. The van der Waals surface area contributed by atoms with Crippen molar-refractivity contribution in [3.63, 3.8) is 0 Å². The van der Waals surface area contributed by atoms with Gasteiger partial charge in [-0.2, -0.15) is 4.98 Å². The van der Waals surface area contributed by atoms with Crippen LogP contribution in [0.2, 0.25) is 0 Å². The Morgan fingerprint density at radius 1 is 1.17 bits per heavy atom. The number of thiophene rings is 1. The van der Waals surface area contributed by atoms with Crippen LogP contribution in [0.3, 0.4) is 0 Å². The van der Waals surface area contributed by atoms with Gasteiger partial charge in [-0.3, -0.25) is 0 Å². The molecule has 0 saturated carbocycles. The summed E-state index contributed by atoms with van der Waals surface area (Å²) < 4.78 is 11.2. The third-order valence-electron chi connectivity index (χ3n) is 3.44. The molecule has 0 amide bonds. The molecule has 0 N–H and O–H groups in total. The van der Waals surface area contributed by atoms with Crippen molar-refractivity contribution in [3.05, 3.63) is 66.9 Å². The molecule has 0 radical (unpaired) electrons. The molecule has 0 bridgehead atoms. The van der Waals surface area contributed by atoms with E-state index in [1.807, 2.05) is 48.5 Å². The van der Waals surface area contributed by atoms with Crippen LogP contribution < -0.4 is 4.74 Å². The predicted octanol–water partition coefficient (Wildman–Crippen LogP) is 4.87. The van der Waals surface area contributed by atoms with Gasteiger partial charge in [-0.25, -0.2) is 0 Å². The lowest BCUT2D eigenvalue weighted by molar-refractivity contribution is 0.433. The number of aromatic nitrogens is 3. The molecule has 24 heavy (non-hydrogen) atoms. The summed E-state index contributed by atoms with van der Waals surface area (Å²) in [6.07, 6.45) is 4.19. The molecule has 0 aliphatic carbocycles. The topological polar surface area (TPSA) is 61.0 Å². The lowest BCUT2D eigenvalue weighted by atomic mass is 10.1. The van der Waals surface area contributed by atoms with Gasteiger partial charge in [-0.15, -0.1) is 23.0 Å². The summed E-state index contributed by atoms with van der Waals surface area (Å²) >= 11 is 1.49. The second kappa shape index (κ2) is 6.25. The van der Waals surface area contributed by atoms with Gasteiger partial charge in [0.25, 0.3) is 0 Å². The molecule has 3 heterocycles. The molecular formula is C18H13N3O2S. The number of hydrogen-bond donors (Lipinski definition) is 0. The van der Waals surface area contributed by atoms with Gasteiger partial charge in [0, 0.05) is 0 Å². The standard InChI is InChI=1S/C18H13N3O2S/c1-2-6-12-7-3-4-8-14(12)23-18-19-17-13(20-21-18)11-16(24-17)15-9-5-10-22-15/h2-5,7-11H,1,6H2. The molecule has 118 valence electrons. The average molecular weight is 335 g/mol. The highest BCUT2D eigenvalue weighted by atomic mass is 32.1. The second-order valence-electron chi connectivity index (χ2n) is 5.08. The molecule has 0 spiro atoms. The van der Waals surface area contributed by atoms with Crippen LogP contribution in [0.4, 0.5) is 0 Å². The highest BCUT2D eigenvalue weighted by molar-refractivity contribution is 7.21. The average Bonchev–Trinajstić information content (AvgIpc) is 3.25. The maximum atomic E-state index is 5.82. The third-order valence-corrected chi connectivity index (χ3v) is 4.47. The van der Waals surface area contributed by atoms with E-state index >= 15 is 0 Å². The molecule has 4 aromatic rings. The molecule has 0 saturated heterocycles. The summed E-state index contributed by atoms with van der Waals surface area (Å²) in [5.41, 5.74) is 1.75. The number of furan rings is 1. The van der Waals surface area contributed by atoms with E-state index in [1.54, 1.807) is 6.26 Å². The van der Waals surface area contributed by atoms with E-state index < -0.39 is 0 Å². The van der Waals surface area contributed by atoms with Crippen molar-refractivity contribution >= 4 is 21.7 Å². The molecular weight excluding hydrogens is 322 g/mol. The quantitative estimate of drug-likeness (QED) is 0.487. The predicted molar refractivity (Wildman–Crippen MR) is 93.3 cm³/mol. The van der Waals surface area contributed by atoms with Gasteiger partial charge >= 0.3 is 6.01 Å². The minimum absolute atomic E-state index is 0.229. The van der Waals surface area contributed by atoms with E-state index in [0.29, 0.717) is 12.2 Å². The molecule has 0 atom stereocenters. The van der Waals surface area contributed by atoms with Crippen LogP contribution in [0.5, 0.6) is 11.8 Å². The number of nitrogens with zero attached hydrogens (tertiary/aromatic N) is 3. The van der Waals surface area contributed by atoms with Gasteiger partial charge in [0.2, 0.25) is 0 Å². The molecule has 0 aliphatic rings. The highest BCUT2D eigenvalue weighted by Gasteiger charge is 2.12. The van der Waals surface area contributed by atoms with Crippen LogP contribution in [0, 0.1) is 0 Å². The lowest BCUT2D eigenvalue weighted by Crippen LogP contribution is -1.96. The van der Waals surface area contributed by atoms with Gasteiger partial charge in [-0.05, 0) is 36.2 Å². The van der Waals surface area contributed by atoms with Crippen LogP contribution in [0.1, 0.15) is 5.56 Å². The van der Waals surface area contributed by atoms with Crippen molar-refractivity contribution in [1.82, 2.24) is 15.2 Å². The fourth-order valence-corrected chi connectivity index (χ4v) is 3.26. The Bertz CT molecular complexity index is 993. The van der Waals surface area contributed by atoms with Crippen LogP contribution in [0.25, 0.3) is 21.0 Å². The van der Waals surface area contributed by atoms with Crippen molar-refractivity contribution in [2.24, 2.45) is 0 Å². The molecule has 5 nitrogen and oxygen atoms in total. The number of rotatable bonds is 5. The number of ether oxygens (including phenoxy) is 1. The highest BCUT2D eigenvalue weighted by Crippen LogP contribution is 2.32. The van der Waals surface area contributed by atoms with Crippen molar-refractivity contribution in [2.45, 2.75) is 6.42 Å². The van der Waals surface area contributed by atoms with Crippen molar-refractivity contribution < 1.29 is 9.15 Å². The summed E-state index contributed by atoms with van der Waals surface area (Å²) in [5, 5.41) is 8.26. The molecule has 6 heteroatoms. The smallest absolute Gasteiger partial charge is 0.342 e. The summed E-state index contributed by atoms with van der Waals surface area (Å²) in [4.78, 5) is 6.17. The molecule has 4 rings (SSSR count). The summed E-state index contributed by atoms with van der Waals surface area (Å²) in [6, 6.07) is 13.6. The first-order chi connectivity index (χ1) is 11.8. The minimum Gasteiger partial charge on any atom is -0.464 e. The van der Waals surface area contributed by atoms with Gasteiger partial charge in [0.15, 0.2) is 0 Å². The first-order valence-corrected chi connectivity index (χ1v) is 8.20. The third kappa shape index (κ3) is 2.79. The maximum absolute atomic E-state index is 5.82. The van der Waals surface area contributed by atoms with Crippen LogP contribution >= 0.6 is 11.3 Å². The molecule has 0 aliphatic heterocycles. The van der Waals surface area contributed by atoms with Gasteiger partial charge in [0.05, 0.1) is 11.1 Å². The van der Waals surface area contributed by atoms with Crippen LogP contribution in [-0.2, 0) is 6.42 Å². The first-order valence-electron chi connectivity index (χ1n) is 7.38. The zero-order chi connectivity index (χ0) is 16.4. The van der Waals surface area contributed by atoms with Crippen LogP contribution in [-0.4, -0.2) is 15.2 Å². The van der Waals surface area contributed by atoms with Crippen molar-refractivity contribution in [2.75, 3.05) is 0 Å². The number of fused-ring (bicyclic) bond motifs is 1. The zero-order valence-corrected chi connectivity index (χ0v) is 13.5. The molecule has 0 unspecified atom stereocenters. The van der Waals surface area contributed by atoms with E-state index in [-0.39, 0.29) is 6.01 Å². The number of allylic oxidation sites excluding steroid dienone is 1. The molecule has 3 aromatic heterocycles. The minimum atomic E-state index is 0.229. The van der Waals surface area contributed by atoms with E-state index in [4.69, 9.17) is 9.15 Å². The van der Waals surface area contributed by atoms with Gasteiger partial charge in [0.1, 0.15) is 21.9 Å². The Morgan fingerprint density at radius 2 is 2.08 bits per heavy atom. The second-order valence-corrected chi connectivity index (χ2v) is 6.11. The van der Waals surface area contributed by atoms with E-state index in [9.17, 15) is 0 Å². The van der Waals surface area contributed by atoms with Gasteiger partial charge < -0.3 is 9.15 Å². The molecule has 1 aromatic carbocycles. The molecule has 0 fully saturated rings. The number of benzene rings is 1. The van der Waals surface area contributed by atoms with Gasteiger partial charge in [-0.1, -0.05) is 29.4 Å². The van der Waals surface area contributed by atoms with E-state index in [2.05, 4.69) is 21.8 Å². The summed E-state index contributed by atoms with van der Waals surface area (Å²) in [5.74, 6) is 1.50. The van der Waals surface area contributed by atoms with Crippen LogP contribution in [0.15, 0.2) is 65.8 Å². The first kappa shape index (κ1) is 14.6. The fraction of sp³-hybridized carbons (Fsp3) is 0.0556. The Balaban J connectivity index is 1.67. The maximum Gasteiger partial charge on any atom is 0.342 e. The largest absolute Gasteiger partial charge is 0.464 e. The number of hydrogen-bond acceptors (Lipinski definition) is 6. The fourth-order valence-electron chi connectivity index (χ4n) is 2.34. The number of para-hydroxylation sites is 1. The Hall–Kier alpha value is -2.99. The summed E-state index contributed by atoms with van der Waals surface area (Å²) in [6.45, 7) is 3.77. The van der Waals surface area contributed by atoms with E-state index in [0.717, 1.165) is 26.5 Å². The zero-order valence-electron chi connectivity index (χ0n) is 12.7. The SMILES string of the molecule is C=CCc1ccccc1Oc1nnc2cc(-c3ccco3)sc2n1. The van der Waals surface area contributed by atoms with Crippen molar-refractivity contribution in [1.29, 1.82) is 0 Å². The Labute approximate surface area is 142 Å². The Kier molecular flexibility index (Phi) is 3.80. The van der Waals surface area contributed by atoms with E-state index in [1.165, 1.54) is 11.3 Å². The van der Waals surface area contributed by atoms with Crippen molar-refractivity contribution in [3.8, 4) is 22.4 Å². The monoisotopic (exact) mass is 335 g/mol. The summed E-state index contributed by atoms with van der Waals surface area (Å²) in [7, 11) is 0. The Morgan fingerprint density at radius 3 is 2.92 bits per heavy atom. The normalized spacial score (nSPS) is 10.8.